The Balaban J connectivity index is 1.30. The number of nitrogens with zero attached hydrogens (tertiary/aromatic N) is 1. The molecule has 1 fully saturated rings. The molecule has 4 rings (SSSR count). The third-order valence-corrected chi connectivity index (χ3v) is 6.23. The summed E-state index contributed by atoms with van der Waals surface area (Å²) in [6.45, 7) is 1.86. The van der Waals surface area contributed by atoms with Gasteiger partial charge in [-0.05, 0) is 61.4 Å². The predicted octanol–water partition coefficient (Wildman–Crippen LogP) is 5.34. The van der Waals surface area contributed by atoms with E-state index in [1.165, 1.54) is 23.5 Å². The number of benzene rings is 2. The van der Waals surface area contributed by atoms with E-state index in [0.717, 1.165) is 60.2 Å². The summed E-state index contributed by atoms with van der Waals surface area (Å²) in [5.74, 6) is 0.397. The van der Waals surface area contributed by atoms with Crippen LogP contribution in [0.1, 0.15) is 24.8 Å². The van der Waals surface area contributed by atoms with E-state index in [4.69, 9.17) is 0 Å². The first kappa shape index (κ1) is 19.8. The normalized spacial score (nSPS) is 15.8. The molecule has 1 N–H and O–H groups in total. The van der Waals surface area contributed by atoms with E-state index in [-0.39, 0.29) is 10.6 Å². The zero-order chi connectivity index (χ0) is 20.4. The van der Waals surface area contributed by atoms with Crippen LogP contribution in [0.2, 0.25) is 0 Å². The maximum atomic E-state index is 12.2. The zero-order valence-corrected chi connectivity index (χ0v) is 16.5. The van der Waals surface area contributed by atoms with Gasteiger partial charge in [0.05, 0.1) is 15.9 Å². The fraction of sp³-hybridized carbons (Fsp3) is 0.381. The van der Waals surface area contributed by atoms with Gasteiger partial charge in [-0.25, -0.2) is 0 Å². The lowest BCUT2D eigenvalue weighted by Crippen LogP contribution is -2.34. The van der Waals surface area contributed by atoms with Crippen LogP contribution in [0.4, 0.5) is 18.9 Å². The number of thiazole rings is 1. The summed E-state index contributed by atoms with van der Waals surface area (Å²) in [4.78, 5) is 16.9. The topological polar surface area (TPSA) is 45.3 Å². The summed E-state index contributed by atoms with van der Waals surface area (Å²) in [6.07, 6.45) is -0.701. The number of anilines is 1. The van der Waals surface area contributed by atoms with Crippen molar-refractivity contribution in [3.8, 4) is 5.75 Å². The highest BCUT2D eigenvalue weighted by atomic mass is 32.1. The highest BCUT2D eigenvalue weighted by Gasteiger charge is 2.31. The van der Waals surface area contributed by atoms with Gasteiger partial charge in [-0.15, -0.1) is 13.2 Å². The number of fused-ring (bicyclic) bond motifs is 1. The first-order valence-corrected chi connectivity index (χ1v) is 10.4. The largest absolute Gasteiger partial charge is 0.573 e. The van der Waals surface area contributed by atoms with Crippen LogP contribution in [-0.4, -0.2) is 24.4 Å². The smallest absolute Gasteiger partial charge is 0.406 e. The summed E-state index contributed by atoms with van der Waals surface area (Å²) in [5.41, 5.74) is 3.02. The van der Waals surface area contributed by atoms with Gasteiger partial charge in [0.15, 0.2) is 0 Å². The van der Waals surface area contributed by atoms with Crippen LogP contribution in [0.3, 0.4) is 0 Å². The van der Waals surface area contributed by atoms with Gasteiger partial charge in [-0.3, -0.25) is 4.79 Å². The molecule has 0 amide bonds. The standard InChI is InChI=1S/C21H21F3N2O2S/c22-21(23,24)28-16-8-6-14(7-9-16)4-5-15-10-12-26(13-11-15)17-2-1-3-18-19(17)25-20(27)29-18/h1-3,6-9,15H,4-5,10-13H2,(H,25,27). The van der Waals surface area contributed by atoms with Gasteiger partial charge >= 0.3 is 11.2 Å². The van der Waals surface area contributed by atoms with Gasteiger partial charge in [-0.1, -0.05) is 29.5 Å². The van der Waals surface area contributed by atoms with E-state index in [2.05, 4.69) is 20.7 Å². The van der Waals surface area contributed by atoms with Crippen molar-refractivity contribution in [1.29, 1.82) is 0 Å². The number of H-pyrrole nitrogens is 1. The van der Waals surface area contributed by atoms with Crippen molar-refractivity contribution >= 4 is 27.2 Å². The molecule has 29 heavy (non-hydrogen) atoms. The van der Waals surface area contributed by atoms with Gasteiger partial charge in [0, 0.05) is 13.1 Å². The molecule has 4 nitrogen and oxygen atoms in total. The number of aromatic amines is 1. The molecule has 0 aliphatic carbocycles. The van der Waals surface area contributed by atoms with Crippen molar-refractivity contribution in [2.45, 2.75) is 32.0 Å². The van der Waals surface area contributed by atoms with Gasteiger partial charge in [0.2, 0.25) is 0 Å². The highest BCUT2D eigenvalue weighted by molar-refractivity contribution is 7.16. The fourth-order valence-electron chi connectivity index (χ4n) is 3.91. The van der Waals surface area contributed by atoms with Crippen LogP contribution in [0.25, 0.3) is 10.2 Å². The van der Waals surface area contributed by atoms with Crippen molar-refractivity contribution in [3.05, 3.63) is 57.7 Å². The molecule has 1 aromatic heterocycles. The first-order valence-electron chi connectivity index (χ1n) is 9.59. The van der Waals surface area contributed by atoms with Crippen molar-refractivity contribution in [1.82, 2.24) is 4.98 Å². The molecule has 0 unspecified atom stereocenters. The van der Waals surface area contributed by atoms with E-state index in [0.29, 0.717) is 5.92 Å². The molecular weight excluding hydrogens is 401 g/mol. The SMILES string of the molecule is O=c1[nH]c2c(N3CCC(CCc4ccc(OC(F)(F)F)cc4)CC3)cccc2s1. The second kappa shape index (κ2) is 8.10. The Bertz CT molecular complexity index is 1020. The third kappa shape index (κ3) is 4.93. The van der Waals surface area contributed by atoms with Gasteiger partial charge in [0.25, 0.3) is 0 Å². The molecular formula is C21H21F3N2O2S. The Kier molecular flexibility index (Phi) is 5.54. The molecule has 1 aliphatic rings. The number of para-hydroxylation sites is 1. The number of aryl methyl sites for hydroxylation is 1. The number of piperidine rings is 1. The number of rotatable bonds is 5. The van der Waals surface area contributed by atoms with Crippen molar-refractivity contribution in [2.24, 2.45) is 5.92 Å². The minimum Gasteiger partial charge on any atom is -0.406 e. The number of aromatic nitrogens is 1. The van der Waals surface area contributed by atoms with Crippen LogP contribution in [0.5, 0.6) is 5.75 Å². The lowest BCUT2D eigenvalue weighted by molar-refractivity contribution is -0.274. The Hall–Kier alpha value is -2.48. The number of hydrogen-bond donors (Lipinski definition) is 1. The van der Waals surface area contributed by atoms with Crippen LogP contribution in [0, 0.1) is 5.92 Å². The number of halogens is 3. The van der Waals surface area contributed by atoms with Crippen molar-refractivity contribution in [3.63, 3.8) is 0 Å². The summed E-state index contributed by atoms with van der Waals surface area (Å²) < 4.78 is 41.6. The summed E-state index contributed by atoms with van der Waals surface area (Å²) >= 11 is 1.23. The number of ether oxygens (including phenoxy) is 1. The summed E-state index contributed by atoms with van der Waals surface area (Å²) in [7, 11) is 0. The molecule has 3 aromatic rings. The average molecular weight is 422 g/mol. The average Bonchev–Trinajstić information content (AvgIpc) is 3.07. The summed E-state index contributed by atoms with van der Waals surface area (Å²) in [6, 6.07) is 12.1. The third-order valence-electron chi connectivity index (χ3n) is 5.39. The predicted molar refractivity (Wildman–Crippen MR) is 109 cm³/mol. The second-order valence-corrected chi connectivity index (χ2v) is 8.34. The minimum absolute atomic E-state index is 0.0333. The highest BCUT2D eigenvalue weighted by Crippen LogP contribution is 2.31. The monoisotopic (exact) mass is 422 g/mol. The number of nitrogens with one attached hydrogen (secondary N) is 1. The lowest BCUT2D eigenvalue weighted by atomic mass is 9.90. The number of hydrogen-bond acceptors (Lipinski definition) is 4. The van der Waals surface area contributed by atoms with E-state index >= 15 is 0 Å². The van der Waals surface area contributed by atoms with Crippen LogP contribution in [0.15, 0.2) is 47.3 Å². The molecule has 0 radical (unpaired) electrons. The van der Waals surface area contributed by atoms with E-state index < -0.39 is 6.36 Å². The quantitative estimate of drug-likeness (QED) is 0.604. The Morgan fingerprint density at radius 3 is 2.52 bits per heavy atom. The molecule has 2 heterocycles. The molecule has 8 heteroatoms. The molecule has 2 aromatic carbocycles. The van der Waals surface area contributed by atoms with Crippen molar-refractivity contribution < 1.29 is 17.9 Å². The molecule has 0 saturated carbocycles. The van der Waals surface area contributed by atoms with E-state index in [1.54, 1.807) is 12.1 Å². The van der Waals surface area contributed by atoms with Crippen LogP contribution < -0.4 is 14.5 Å². The van der Waals surface area contributed by atoms with Crippen LogP contribution in [-0.2, 0) is 6.42 Å². The lowest BCUT2D eigenvalue weighted by Gasteiger charge is -2.34. The van der Waals surface area contributed by atoms with Gasteiger partial charge in [-0.2, -0.15) is 0 Å². The van der Waals surface area contributed by atoms with Crippen LogP contribution >= 0.6 is 11.3 Å². The summed E-state index contributed by atoms with van der Waals surface area (Å²) in [5, 5.41) is 0. The molecule has 0 spiro atoms. The van der Waals surface area contributed by atoms with E-state index in [1.807, 2.05) is 12.1 Å². The van der Waals surface area contributed by atoms with Gasteiger partial charge in [0.1, 0.15) is 5.75 Å². The van der Waals surface area contributed by atoms with Gasteiger partial charge < -0.3 is 14.6 Å². The second-order valence-electron chi connectivity index (χ2n) is 7.33. The molecule has 1 saturated heterocycles. The Morgan fingerprint density at radius 1 is 1.10 bits per heavy atom. The van der Waals surface area contributed by atoms with Crippen molar-refractivity contribution in [2.75, 3.05) is 18.0 Å². The molecule has 154 valence electrons. The molecule has 0 atom stereocenters. The fourth-order valence-corrected chi connectivity index (χ4v) is 4.67. The maximum Gasteiger partial charge on any atom is 0.573 e. The number of alkyl halides is 3. The first-order chi connectivity index (χ1) is 13.9. The molecule has 0 bridgehead atoms. The Labute approximate surface area is 169 Å². The van der Waals surface area contributed by atoms with E-state index in [9.17, 15) is 18.0 Å². The minimum atomic E-state index is -4.66. The maximum absolute atomic E-state index is 12.2. The zero-order valence-electron chi connectivity index (χ0n) is 15.7. The Morgan fingerprint density at radius 2 is 1.83 bits per heavy atom. The molecule has 1 aliphatic heterocycles.